The minimum Gasteiger partial charge on any atom is -0.373 e. The van der Waals surface area contributed by atoms with Crippen molar-refractivity contribution in [1.29, 1.82) is 0 Å². The Labute approximate surface area is 160 Å². The molecule has 1 saturated heterocycles. The van der Waals surface area contributed by atoms with Gasteiger partial charge in [0, 0.05) is 13.1 Å². The molecular weight excluding hydrogens is 383 g/mol. The van der Waals surface area contributed by atoms with E-state index in [1.807, 2.05) is 6.07 Å². The van der Waals surface area contributed by atoms with Crippen LogP contribution in [0.15, 0.2) is 36.4 Å². The minimum atomic E-state index is -0.714. The van der Waals surface area contributed by atoms with Gasteiger partial charge in [0.05, 0.1) is 28.3 Å². The van der Waals surface area contributed by atoms with Crippen molar-refractivity contribution >= 4 is 29.1 Å². The molecule has 7 heteroatoms. The monoisotopic (exact) mass is 399 g/mol. The smallest absolute Gasteiger partial charge is 0.256 e. The van der Waals surface area contributed by atoms with Crippen LogP contribution in [0.1, 0.15) is 28.8 Å². The number of hydrogen-bond donors (Lipinski definition) is 0. The predicted molar refractivity (Wildman–Crippen MR) is 96.5 cm³/mol. The molecule has 1 heterocycles. The number of carbonyl (C=O) groups is 1. The number of rotatable bonds is 4. The molecule has 138 valence electrons. The molecule has 0 aromatic heterocycles. The Bertz CT molecular complexity index is 808. The van der Waals surface area contributed by atoms with Gasteiger partial charge in [0.2, 0.25) is 0 Å². The molecule has 26 heavy (non-hydrogen) atoms. The van der Waals surface area contributed by atoms with Crippen molar-refractivity contribution in [3.8, 4) is 0 Å². The summed E-state index contributed by atoms with van der Waals surface area (Å²) in [5, 5.41) is 0.970. The number of nitrogens with zero attached hydrogens (tertiary/aromatic N) is 1. The van der Waals surface area contributed by atoms with E-state index in [1.54, 1.807) is 12.1 Å². The largest absolute Gasteiger partial charge is 0.373 e. The summed E-state index contributed by atoms with van der Waals surface area (Å²) in [4.78, 5) is 13.9. The highest BCUT2D eigenvalue weighted by Crippen LogP contribution is 2.24. The third-order valence-corrected chi connectivity index (χ3v) is 5.10. The van der Waals surface area contributed by atoms with Gasteiger partial charge in [-0.25, -0.2) is 8.78 Å². The van der Waals surface area contributed by atoms with Crippen molar-refractivity contribution in [2.45, 2.75) is 25.6 Å². The maximum atomic E-state index is 13.8. The molecule has 1 aliphatic heterocycles. The Balaban J connectivity index is 1.53. The maximum Gasteiger partial charge on any atom is 0.256 e. The first-order chi connectivity index (χ1) is 12.4. The average molecular weight is 400 g/mol. The Morgan fingerprint density at radius 2 is 1.81 bits per heavy atom. The summed E-state index contributed by atoms with van der Waals surface area (Å²) in [5.74, 6) is -1.84. The number of piperidine rings is 1. The third-order valence-electron chi connectivity index (χ3n) is 4.36. The van der Waals surface area contributed by atoms with Crippen LogP contribution in [0, 0.1) is 11.6 Å². The standard InChI is InChI=1S/C19H17Cl2F2NO2/c20-16-3-1-12(9-17(16)21)11-26-14-5-7-24(8-6-14)19(25)15-10-13(22)2-4-18(15)23/h1-4,9-10,14H,5-8,11H2. The zero-order valence-corrected chi connectivity index (χ0v) is 15.4. The lowest BCUT2D eigenvalue weighted by molar-refractivity contribution is -0.000479. The van der Waals surface area contributed by atoms with Crippen LogP contribution < -0.4 is 0 Å². The molecule has 0 aliphatic carbocycles. The fourth-order valence-electron chi connectivity index (χ4n) is 2.90. The van der Waals surface area contributed by atoms with E-state index in [-0.39, 0.29) is 11.7 Å². The molecule has 0 spiro atoms. The Morgan fingerprint density at radius 1 is 1.08 bits per heavy atom. The molecule has 0 radical (unpaired) electrons. The van der Waals surface area contributed by atoms with Gasteiger partial charge in [-0.1, -0.05) is 29.3 Å². The van der Waals surface area contributed by atoms with Crippen molar-refractivity contribution in [2.24, 2.45) is 0 Å². The summed E-state index contributed by atoms with van der Waals surface area (Å²) < 4.78 is 32.9. The first kappa shape index (κ1) is 19.1. The number of benzene rings is 2. The van der Waals surface area contributed by atoms with Gasteiger partial charge in [-0.3, -0.25) is 4.79 Å². The number of likely N-dealkylation sites (tertiary alicyclic amines) is 1. The van der Waals surface area contributed by atoms with E-state index in [1.165, 1.54) is 4.90 Å². The molecule has 3 nitrogen and oxygen atoms in total. The molecule has 1 aliphatic rings. The molecule has 0 atom stereocenters. The highest BCUT2D eigenvalue weighted by atomic mass is 35.5. The van der Waals surface area contributed by atoms with E-state index >= 15 is 0 Å². The summed E-state index contributed by atoms with van der Waals surface area (Å²) in [5.41, 5.74) is 0.680. The van der Waals surface area contributed by atoms with Crippen LogP contribution in [0.5, 0.6) is 0 Å². The van der Waals surface area contributed by atoms with E-state index in [2.05, 4.69) is 0 Å². The second-order valence-electron chi connectivity index (χ2n) is 6.18. The second kappa shape index (κ2) is 8.33. The van der Waals surface area contributed by atoms with Gasteiger partial charge in [-0.15, -0.1) is 0 Å². The Morgan fingerprint density at radius 3 is 2.50 bits per heavy atom. The molecule has 2 aromatic rings. The molecule has 3 rings (SSSR count). The molecule has 0 saturated carbocycles. The summed E-state index contributed by atoms with van der Waals surface area (Å²) in [6.45, 7) is 1.26. The van der Waals surface area contributed by atoms with E-state index in [0.29, 0.717) is 42.6 Å². The van der Waals surface area contributed by atoms with E-state index in [0.717, 1.165) is 23.8 Å². The van der Waals surface area contributed by atoms with Crippen molar-refractivity contribution in [3.05, 3.63) is 69.2 Å². The van der Waals surface area contributed by atoms with Gasteiger partial charge in [-0.2, -0.15) is 0 Å². The lowest BCUT2D eigenvalue weighted by Crippen LogP contribution is -2.41. The zero-order chi connectivity index (χ0) is 18.7. The Kier molecular flexibility index (Phi) is 6.12. The van der Waals surface area contributed by atoms with Crippen molar-refractivity contribution in [1.82, 2.24) is 4.90 Å². The van der Waals surface area contributed by atoms with E-state index < -0.39 is 17.5 Å². The van der Waals surface area contributed by atoms with Crippen LogP contribution in [0.3, 0.4) is 0 Å². The van der Waals surface area contributed by atoms with Crippen LogP contribution >= 0.6 is 23.2 Å². The molecule has 2 aromatic carbocycles. The fourth-order valence-corrected chi connectivity index (χ4v) is 3.22. The molecular formula is C19H17Cl2F2NO2. The summed E-state index contributed by atoms with van der Waals surface area (Å²) in [7, 11) is 0. The van der Waals surface area contributed by atoms with Crippen LogP contribution in [-0.4, -0.2) is 30.0 Å². The predicted octanol–water partition coefficient (Wildman–Crippen LogP) is 5.09. The average Bonchev–Trinajstić information content (AvgIpc) is 2.64. The van der Waals surface area contributed by atoms with E-state index in [9.17, 15) is 13.6 Å². The molecule has 0 bridgehead atoms. The summed E-state index contributed by atoms with van der Waals surface area (Å²) in [6.07, 6.45) is 1.25. The van der Waals surface area contributed by atoms with Gasteiger partial charge in [-0.05, 0) is 48.7 Å². The number of halogens is 4. The molecule has 0 unspecified atom stereocenters. The molecule has 1 amide bonds. The second-order valence-corrected chi connectivity index (χ2v) is 6.99. The van der Waals surface area contributed by atoms with E-state index in [4.69, 9.17) is 27.9 Å². The number of hydrogen-bond acceptors (Lipinski definition) is 2. The lowest BCUT2D eigenvalue weighted by Gasteiger charge is -2.32. The van der Waals surface area contributed by atoms with Crippen LogP contribution in [-0.2, 0) is 11.3 Å². The quantitative estimate of drug-likeness (QED) is 0.716. The van der Waals surface area contributed by atoms with Crippen LogP contribution in [0.4, 0.5) is 8.78 Å². The van der Waals surface area contributed by atoms with Gasteiger partial charge >= 0.3 is 0 Å². The highest BCUT2D eigenvalue weighted by Gasteiger charge is 2.26. The first-order valence-electron chi connectivity index (χ1n) is 8.24. The SMILES string of the molecule is O=C(c1cc(F)ccc1F)N1CCC(OCc2ccc(Cl)c(Cl)c2)CC1. The number of carbonyl (C=O) groups excluding carboxylic acids is 1. The highest BCUT2D eigenvalue weighted by molar-refractivity contribution is 6.42. The maximum absolute atomic E-state index is 13.8. The van der Waals surface area contributed by atoms with Crippen molar-refractivity contribution in [2.75, 3.05) is 13.1 Å². The number of amides is 1. The lowest BCUT2D eigenvalue weighted by atomic mass is 10.1. The van der Waals surface area contributed by atoms with Gasteiger partial charge in [0.1, 0.15) is 11.6 Å². The molecule has 0 N–H and O–H groups in total. The van der Waals surface area contributed by atoms with Crippen LogP contribution in [0.2, 0.25) is 10.0 Å². The molecule has 1 fully saturated rings. The van der Waals surface area contributed by atoms with Crippen molar-refractivity contribution < 1.29 is 18.3 Å². The summed E-state index contributed by atoms with van der Waals surface area (Å²) >= 11 is 11.9. The number of ether oxygens (including phenoxy) is 1. The summed E-state index contributed by atoms with van der Waals surface area (Å²) in [6, 6.07) is 8.22. The normalized spacial score (nSPS) is 15.3. The Hall–Kier alpha value is -1.69. The van der Waals surface area contributed by atoms with Crippen LogP contribution in [0.25, 0.3) is 0 Å². The topological polar surface area (TPSA) is 29.5 Å². The third kappa shape index (κ3) is 4.53. The van der Waals surface area contributed by atoms with Gasteiger partial charge in [0.15, 0.2) is 0 Å². The fraction of sp³-hybridized carbons (Fsp3) is 0.316. The van der Waals surface area contributed by atoms with Gasteiger partial charge in [0.25, 0.3) is 5.91 Å². The first-order valence-corrected chi connectivity index (χ1v) is 8.99. The van der Waals surface area contributed by atoms with Gasteiger partial charge < -0.3 is 9.64 Å². The van der Waals surface area contributed by atoms with Crippen molar-refractivity contribution in [3.63, 3.8) is 0 Å². The zero-order valence-electron chi connectivity index (χ0n) is 13.9. The minimum absolute atomic E-state index is 0.00846.